The van der Waals surface area contributed by atoms with E-state index in [-0.39, 0.29) is 17.2 Å². The maximum atomic E-state index is 13.7. The first kappa shape index (κ1) is 24.2. The van der Waals surface area contributed by atoms with Crippen LogP contribution in [0.2, 0.25) is 0 Å². The van der Waals surface area contributed by atoms with Crippen LogP contribution in [0.15, 0.2) is 58.5 Å². The zero-order chi connectivity index (χ0) is 24.2. The highest BCUT2D eigenvalue weighted by atomic mass is 32.2. The molecule has 0 aliphatic rings. The lowest BCUT2D eigenvalue weighted by Crippen LogP contribution is -2.23. The van der Waals surface area contributed by atoms with Crippen molar-refractivity contribution in [3.63, 3.8) is 0 Å². The van der Waals surface area contributed by atoms with Gasteiger partial charge in [-0.25, -0.2) is 4.98 Å². The molecule has 176 valence electrons. The minimum Gasteiger partial charge on any atom is -0.325 e. The Morgan fingerprint density at radius 2 is 1.76 bits per heavy atom. The summed E-state index contributed by atoms with van der Waals surface area (Å²) in [6, 6.07) is 15.7. The molecule has 0 saturated carbocycles. The number of aryl methyl sites for hydroxylation is 4. The molecule has 1 amide bonds. The number of hydrogen-bond acceptors (Lipinski definition) is 5. The molecular weight excluding hydrogens is 462 g/mol. The van der Waals surface area contributed by atoms with Gasteiger partial charge in [-0.2, -0.15) is 0 Å². The summed E-state index contributed by atoms with van der Waals surface area (Å²) in [7, 11) is 0. The van der Waals surface area contributed by atoms with E-state index >= 15 is 0 Å². The molecular formula is C27H29N3O2S2. The van der Waals surface area contributed by atoms with Crippen LogP contribution in [-0.2, 0) is 17.6 Å². The van der Waals surface area contributed by atoms with Crippen molar-refractivity contribution in [2.24, 2.45) is 0 Å². The first-order valence-corrected chi connectivity index (χ1v) is 13.3. The topological polar surface area (TPSA) is 64.0 Å². The molecule has 2 aromatic carbocycles. The maximum absolute atomic E-state index is 13.7. The van der Waals surface area contributed by atoms with E-state index in [1.54, 1.807) is 15.9 Å². The Bertz CT molecular complexity index is 1370. The molecule has 0 fully saturated rings. The summed E-state index contributed by atoms with van der Waals surface area (Å²) in [5.41, 5.74) is 4.80. The zero-order valence-corrected chi connectivity index (χ0v) is 21.6. The highest BCUT2D eigenvalue weighted by molar-refractivity contribution is 7.99. The molecule has 0 aliphatic heterocycles. The number of carbonyl (C=O) groups excluding carboxylic acids is 1. The van der Waals surface area contributed by atoms with E-state index in [0.29, 0.717) is 10.5 Å². The fourth-order valence-corrected chi connectivity index (χ4v) is 5.98. The van der Waals surface area contributed by atoms with E-state index in [1.807, 2.05) is 62.4 Å². The van der Waals surface area contributed by atoms with Gasteiger partial charge >= 0.3 is 0 Å². The van der Waals surface area contributed by atoms with E-state index in [1.165, 1.54) is 22.2 Å². The van der Waals surface area contributed by atoms with E-state index in [9.17, 15) is 9.59 Å². The second kappa shape index (κ2) is 10.6. The summed E-state index contributed by atoms with van der Waals surface area (Å²) in [6.07, 6.45) is 2.87. The Balaban J connectivity index is 1.71. The SMILES string of the molecule is CCCc1sc2nc(SCC(=O)Nc3ccc(C)cc3)n(-c3ccc(CC)cc3)c(=O)c2c1C. The number of rotatable bonds is 8. The van der Waals surface area contributed by atoms with E-state index in [0.717, 1.165) is 46.6 Å². The van der Waals surface area contributed by atoms with Crippen molar-refractivity contribution in [2.45, 2.75) is 52.1 Å². The number of fused-ring (bicyclic) bond motifs is 1. The van der Waals surface area contributed by atoms with Crippen LogP contribution in [0.4, 0.5) is 5.69 Å². The van der Waals surface area contributed by atoms with Gasteiger partial charge in [0, 0.05) is 10.6 Å². The highest BCUT2D eigenvalue weighted by Crippen LogP contribution is 2.31. The lowest BCUT2D eigenvalue weighted by atomic mass is 10.1. The van der Waals surface area contributed by atoms with E-state index < -0.39 is 0 Å². The molecule has 4 aromatic rings. The molecule has 4 rings (SSSR count). The summed E-state index contributed by atoms with van der Waals surface area (Å²) >= 11 is 2.87. The second-order valence-electron chi connectivity index (χ2n) is 8.34. The van der Waals surface area contributed by atoms with Gasteiger partial charge in [0.25, 0.3) is 5.56 Å². The molecule has 0 atom stereocenters. The molecule has 0 unspecified atom stereocenters. The van der Waals surface area contributed by atoms with Gasteiger partial charge in [0.05, 0.1) is 16.8 Å². The first-order valence-electron chi connectivity index (χ1n) is 11.5. The molecule has 0 radical (unpaired) electrons. The summed E-state index contributed by atoms with van der Waals surface area (Å²) < 4.78 is 1.65. The number of carbonyl (C=O) groups is 1. The van der Waals surface area contributed by atoms with Crippen molar-refractivity contribution in [1.29, 1.82) is 0 Å². The highest BCUT2D eigenvalue weighted by Gasteiger charge is 2.20. The van der Waals surface area contributed by atoms with Gasteiger partial charge < -0.3 is 5.32 Å². The van der Waals surface area contributed by atoms with Gasteiger partial charge in [-0.15, -0.1) is 11.3 Å². The minimum absolute atomic E-state index is 0.0770. The number of aromatic nitrogens is 2. The van der Waals surface area contributed by atoms with Crippen molar-refractivity contribution in [3.05, 3.63) is 80.5 Å². The van der Waals surface area contributed by atoms with Crippen LogP contribution in [-0.4, -0.2) is 21.2 Å². The minimum atomic E-state index is -0.134. The molecule has 0 saturated heterocycles. The van der Waals surface area contributed by atoms with Crippen molar-refractivity contribution < 1.29 is 4.79 Å². The van der Waals surface area contributed by atoms with E-state index in [2.05, 4.69) is 19.2 Å². The monoisotopic (exact) mass is 491 g/mol. The number of hydrogen-bond donors (Lipinski definition) is 1. The summed E-state index contributed by atoms with van der Waals surface area (Å²) in [5.74, 6) is 0.0236. The Morgan fingerprint density at radius 3 is 2.41 bits per heavy atom. The molecule has 0 bridgehead atoms. The quantitative estimate of drug-likeness (QED) is 0.232. The molecule has 1 N–H and O–H groups in total. The fraction of sp³-hybridized carbons (Fsp3) is 0.296. The van der Waals surface area contributed by atoms with Crippen LogP contribution < -0.4 is 10.9 Å². The maximum Gasteiger partial charge on any atom is 0.267 e. The van der Waals surface area contributed by atoms with Crippen molar-refractivity contribution >= 4 is 44.9 Å². The number of anilines is 1. The molecule has 5 nitrogen and oxygen atoms in total. The normalized spacial score (nSPS) is 11.2. The van der Waals surface area contributed by atoms with Crippen LogP contribution in [0.25, 0.3) is 15.9 Å². The van der Waals surface area contributed by atoms with Crippen LogP contribution in [0.3, 0.4) is 0 Å². The third kappa shape index (κ3) is 5.10. The largest absolute Gasteiger partial charge is 0.325 e. The van der Waals surface area contributed by atoms with Gasteiger partial charge in [-0.05, 0) is 62.1 Å². The Kier molecular flexibility index (Phi) is 7.54. The zero-order valence-electron chi connectivity index (χ0n) is 20.0. The second-order valence-corrected chi connectivity index (χ2v) is 10.4. The van der Waals surface area contributed by atoms with Gasteiger partial charge in [-0.1, -0.05) is 61.9 Å². The number of amides is 1. The van der Waals surface area contributed by atoms with Crippen LogP contribution in [0, 0.1) is 13.8 Å². The number of nitrogens with zero attached hydrogens (tertiary/aromatic N) is 2. The first-order chi connectivity index (χ1) is 16.4. The van der Waals surface area contributed by atoms with Gasteiger partial charge in [-0.3, -0.25) is 14.2 Å². The average Bonchev–Trinajstić information content (AvgIpc) is 3.15. The Labute approximate surface area is 208 Å². The molecule has 0 spiro atoms. The van der Waals surface area contributed by atoms with Gasteiger partial charge in [0.2, 0.25) is 5.91 Å². The lowest BCUT2D eigenvalue weighted by Gasteiger charge is -2.13. The van der Waals surface area contributed by atoms with Crippen molar-refractivity contribution in [2.75, 3.05) is 11.1 Å². The standard InChI is InChI=1S/C27H29N3O2S2/c1-5-7-22-18(4)24-25(34-22)29-27(30(26(24)32)21-14-10-19(6-2)11-15-21)33-16-23(31)28-20-12-8-17(3)9-13-20/h8-15H,5-7,16H2,1-4H3,(H,28,31). The lowest BCUT2D eigenvalue weighted by molar-refractivity contribution is -0.113. The number of nitrogens with one attached hydrogen (secondary N) is 1. The average molecular weight is 492 g/mol. The molecule has 34 heavy (non-hydrogen) atoms. The van der Waals surface area contributed by atoms with Gasteiger partial charge in [0.15, 0.2) is 5.16 Å². The third-order valence-corrected chi connectivity index (χ3v) is 7.96. The molecule has 2 aromatic heterocycles. The summed E-state index contributed by atoms with van der Waals surface area (Å²) in [4.78, 5) is 33.2. The smallest absolute Gasteiger partial charge is 0.267 e. The summed E-state index contributed by atoms with van der Waals surface area (Å²) in [5, 5.41) is 4.14. The molecule has 2 heterocycles. The molecule has 7 heteroatoms. The van der Waals surface area contributed by atoms with E-state index in [4.69, 9.17) is 4.98 Å². The van der Waals surface area contributed by atoms with Crippen LogP contribution >= 0.6 is 23.1 Å². The van der Waals surface area contributed by atoms with Crippen LogP contribution in [0.5, 0.6) is 0 Å². The molecule has 0 aliphatic carbocycles. The van der Waals surface area contributed by atoms with Crippen molar-refractivity contribution in [3.8, 4) is 5.69 Å². The predicted octanol–water partition coefficient (Wildman–Crippen LogP) is 6.31. The third-order valence-electron chi connectivity index (χ3n) is 5.78. The number of thiophene rings is 1. The fourth-order valence-electron chi connectivity index (χ4n) is 3.85. The number of benzene rings is 2. The Morgan fingerprint density at radius 1 is 1.06 bits per heavy atom. The number of thioether (sulfide) groups is 1. The van der Waals surface area contributed by atoms with Crippen molar-refractivity contribution in [1.82, 2.24) is 9.55 Å². The Hall–Kier alpha value is -2.90. The summed E-state index contributed by atoms with van der Waals surface area (Å²) in [6.45, 7) is 8.26. The van der Waals surface area contributed by atoms with Crippen LogP contribution in [0.1, 0.15) is 41.8 Å². The predicted molar refractivity (Wildman–Crippen MR) is 144 cm³/mol. The van der Waals surface area contributed by atoms with Gasteiger partial charge in [0.1, 0.15) is 4.83 Å².